The summed E-state index contributed by atoms with van der Waals surface area (Å²) in [7, 11) is 0. The molecule has 0 unspecified atom stereocenters. The van der Waals surface area contributed by atoms with Crippen LogP contribution >= 0.6 is 0 Å². The zero-order valence-corrected chi connectivity index (χ0v) is 8.41. The minimum absolute atomic E-state index is 0.287. The highest BCUT2D eigenvalue weighted by atomic mass is 16.3. The van der Waals surface area contributed by atoms with Crippen molar-refractivity contribution in [3.8, 4) is 0 Å². The first-order valence-electron chi connectivity index (χ1n) is 5.78. The normalized spacial score (nSPS) is 26.3. The molecule has 2 nitrogen and oxygen atoms in total. The molecule has 0 bridgehead atoms. The fraction of sp³-hybridized carbons (Fsp3) is 1.00. The van der Waals surface area contributed by atoms with Gasteiger partial charge in [0.15, 0.2) is 0 Å². The van der Waals surface area contributed by atoms with Gasteiger partial charge in [-0.25, -0.2) is 0 Å². The summed E-state index contributed by atoms with van der Waals surface area (Å²) in [6.07, 6.45) is 10.7. The van der Waals surface area contributed by atoms with Gasteiger partial charge < -0.3 is 5.11 Å². The third kappa shape index (κ3) is 2.05. The van der Waals surface area contributed by atoms with E-state index < -0.39 is 0 Å². The Bertz CT molecular complexity index is 132. The number of aliphatic hydroxyl groups is 1. The number of nitrogens with zero attached hydrogens (tertiary/aromatic N) is 1. The largest absolute Gasteiger partial charge is 0.381 e. The lowest BCUT2D eigenvalue weighted by molar-refractivity contribution is 0.0329. The summed E-state index contributed by atoms with van der Waals surface area (Å²) < 4.78 is 0. The maximum absolute atomic E-state index is 9.37. The molecular weight excluding hydrogens is 162 g/mol. The molecule has 0 spiro atoms. The zero-order valence-electron chi connectivity index (χ0n) is 8.41. The van der Waals surface area contributed by atoms with Crippen LogP contribution in [-0.2, 0) is 0 Å². The smallest absolute Gasteiger partial charge is 0.0961 e. The van der Waals surface area contributed by atoms with Crippen molar-refractivity contribution >= 4 is 0 Å². The van der Waals surface area contributed by atoms with Gasteiger partial charge in [0.2, 0.25) is 0 Å². The van der Waals surface area contributed by atoms with Crippen LogP contribution in [0.1, 0.15) is 51.4 Å². The molecule has 13 heavy (non-hydrogen) atoms. The van der Waals surface area contributed by atoms with E-state index in [1.54, 1.807) is 0 Å². The van der Waals surface area contributed by atoms with Crippen LogP contribution < -0.4 is 0 Å². The lowest BCUT2D eigenvalue weighted by Crippen LogP contribution is -2.41. The van der Waals surface area contributed by atoms with Gasteiger partial charge in [-0.3, -0.25) is 4.90 Å². The van der Waals surface area contributed by atoms with Crippen LogP contribution in [0.2, 0.25) is 0 Å². The fourth-order valence-corrected chi connectivity index (χ4v) is 3.00. The van der Waals surface area contributed by atoms with Gasteiger partial charge in [-0.05, 0) is 25.7 Å². The first kappa shape index (κ1) is 9.47. The monoisotopic (exact) mass is 183 g/mol. The standard InChI is InChI=1S/C11H21NO/c13-9-12(10-5-1-2-6-10)11-7-3-4-8-11/h10-11,13H,1-9H2. The molecule has 2 aliphatic rings. The van der Waals surface area contributed by atoms with Crippen LogP contribution in [0, 0.1) is 0 Å². The molecule has 0 heterocycles. The summed E-state index contributed by atoms with van der Waals surface area (Å²) in [5.74, 6) is 0. The molecule has 76 valence electrons. The number of aliphatic hydroxyl groups excluding tert-OH is 1. The SMILES string of the molecule is OCN(C1CCCC1)C1CCCC1. The summed E-state index contributed by atoms with van der Waals surface area (Å²) in [6, 6.07) is 1.40. The van der Waals surface area contributed by atoms with Crippen LogP contribution in [0.4, 0.5) is 0 Å². The number of rotatable bonds is 3. The van der Waals surface area contributed by atoms with Crippen molar-refractivity contribution in [3.05, 3.63) is 0 Å². The van der Waals surface area contributed by atoms with E-state index in [0.717, 1.165) is 0 Å². The predicted molar refractivity (Wildman–Crippen MR) is 53.4 cm³/mol. The van der Waals surface area contributed by atoms with Crippen LogP contribution in [0.15, 0.2) is 0 Å². The summed E-state index contributed by atoms with van der Waals surface area (Å²) in [5.41, 5.74) is 0. The molecule has 2 fully saturated rings. The van der Waals surface area contributed by atoms with E-state index in [4.69, 9.17) is 0 Å². The van der Waals surface area contributed by atoms with Gasteiger partial charge in [0.1, 0.15) is 0 Å². The van der Waals surface area contributed by atoms with Crippen LogP contribution in [0.5, 0.6) is 0 Å². The van der Waals surface area contributed by atoms with Crippen molar-refractivity contribution in [2.45, 2.75) is 63.5 Å². The fourth-order valence-electron chi connectivity index (χ4n) is 3.00. The lowest BCUT2D eigenvalue weighted by Gasteiger charge is -2.32. The molecule has 2 aliphatic carbocycles. The van der Waals surface area contributed by atoms with E-state index in [1.165, 1.54) is 51.4 Å². The van der Waals surface area contributed by atoms with Gasteiger partial charge in [0.25, 0.3) is 0 Å². The third-order valence-electron chi connectivity index (χ3n) is 3.75. The molecule has 0 aromatic carbocycles. The lowest BCUT2D eigenvalue weighted by atomic mass is 10.1. The topological polar surface area (TPSA) is 23.5 Å². The second-order valence-electron chi connectivity index (χ2n) is 4.53. The van der Waals surface area contributed by atoms with Crippen molar-refractivity contribution in [2.24, 2.45) is 0 Å². The van der Waals surface area contributed by atoms with Gasteiger partial charge in [-0.2, -0.15) is 0 Å². The first-order chi connectivity index (χ1) is 6.42. The molecule has 0 aromatic rings. The Labute approximate surface area is 80.9 Å². The summed E-state index contributed by atoms with van der Waals surface area (Å²) in [4.78, 5) is 2.36. The van der Waals surface area contributed by atoms with Gasteiger partial charge >= 0.3 is 0 Å². The molecule has 0 aliphatic heterocycles. The first-order valence-corrected chi connectivity index (χ1v) is 5.78. The average molecular weight is 183 g/mol. The molecule has 0 saturated heterocycles. The Balaban J connectivity index is 1.90. The summed E-state index contributed by atoms with van der Waals surface area (Å²) >= 11 is 0. The van der Waals surface area contributed by atoms with Gasteiger partial charge in [0, 0.05) is 12.1 Å². The maximum atomic E-state index is 9.37. The Morgan fingerprint density at radius 1 is 0.846 bits per heavy atom. The second-order valence-corrected chi connectivity index (χ2v) is 4.53. The highest BCUT2D eigenvalue weighted by molar-refractivity contribution is 4.83. The average Bonchev–Trinajstić information content (AvgIpc) is 2.76. The van der Waals surface area contributed by atoms with Crippen molar-refractivity contribution in [1.29, 1.82) is 0 Å². The number of hydrogen-bond acceptors (Lipinski definition) is 2. The molecule has 2 rings (SSSR count). The molecule has 2 heteroatoms. The van der Waals surface area contributed by atoms with E-state index in [1.807, 2.05) is 0 Å². The van der Waals surface area contributed by atoms with Crippen LogP contribution in [0.3, 0.4) is 0 Å². The van der Waals surface area contributed by atoms with Crippen molar-refractivity contribution in [3.63, 3.8) is 0 Å². The van der Waals surface area contributed by atoms with E-state index in [9.17, 15) is 5.11 Å². The van der Waals surface area contributed by atoms with Crippen LogP contribution in [-0.4, -0.2) is 28.8 Å². The van der Waals surface area contributed by atoms with E-state index >= 15 is 0 Å². The van der Waals surface area contributed by atoms with Crippen LogP contribution in [0.25, 0.3) is 0 Å². The molecule has 0 amide bonds. The zero-order chi connectivity index (χ0) is 9.10. The minimum Gasteiger partial charge on any atom is -0.381 e. The molecule has 2 saturated carbocycles. The van der Waals surface area contributed by atoms with E-state index in [2.05, 4.69) is 4.90 Å². The third-order valence-corrected chi connectivity index (χ3v) is 3.75. The summed E-state index contributed by atoms with van der Waals surface area (Å²) in [5, 5.41) is 9.37. The predicted octanol–water partition coefficient (Wildman–Crippen LogP) is 2.12. The molecule has 0 aromatic heterocycles. The van der Waals surface area contributed by atoms with Crippen molar-refractivity contribution in [2.75, 3.05) is 6.73 Å². The number of hydrogen-bond donors (Lipinski definition) is 1. The molecule has 0 radical (unpaired) electrons. The highest BCUT2D eigenvalue weighted by Crippen LogP contribution is 2.30. The quantitative estimate of drug-likeness (QED) is 0.677. The Hall–Kier alpha value is -0.0800. The van der Waals surface area contributed by atoms with Crippen molar-refractivity contribution in [1.82, 2.24) is 4.90 Å². The Morgan fingerprint density at radius 2 is 1.23 bits per heavy atom. The van der Waals surface area contributed by atoms with Gasteiger partial charge in [-0.1, -0.05) is 25.7 Å². The minimum atomic E-state index is 0.287. The van der Waals surface area contributed by atoms with Gasteiger partial charge in [-0.15, -0.1) is 0 Å². The second kappa shape index (κ2) is 4.43. The highest BCUT2D eigenvalue weighted by Gasteiger charge is 2.29. The summed E-state index contributed by atoms with van der Waals surface area (Å²) in [6.45, 7) is 0.287. The van der Waals surface area contributed by atoms with E-state index in [-0.39, 0.29) is 6.73 Å². The molecule has 0 atom stereocenters. The van der Waals surface area contributed by atoms with E-state index in [0.29, 0.717) is 12.1 Å². The van der Waals surface area contributed by atoms with Gasteiger partial charge in [0.05, 0.1) is 6.73 Å². The Kier molecular flexibility index (Phi) is 3.23. The van der Waals surface area contributed by atoms with Crippen molar-refractivity contribution < 1.29 is 5.11 Å². The maximum Gasteiger partial charge on any atom is 0.0961 e. The molecular formula is C11H21NO. The Morgan fingerprint density at radius 3 is 1.54 bits per heavy atom. The molecule has 1 N–H and O–H groups in total.